The van der Waals surface area contributed by atoms with Crippen LogP contribution in [0, 0.1) is 0 Å². The second kappa shape index (κ2) is 7.11. The molecule has 2 rings (SSSR count). The van der Waals surface area contributed by atoms with Crippen molar-refractivity contribution in [2.75, 3.05) is 5.32 Å². The Bertz CT molecular complexity index is 655. The van der Waals surface area contributed by atoms with E-state index in [1.54, 1.807) is 18.2 Å². The van der Waals surface area contributed by atoms with E-state index < -0.39 is 7.12 Å². The number of hydrogen-bond donors (Lipinski definition) is 3. The first kappa shape index (κ1) is 16.1. The zero-order chi connectivity index (χ0) is 15.4. The molecule has 3 N–H and O–H groups in total. The molecule has 0 spiro atoms. The van der Waals surface area contributed by atoms with Crippen molar-refractivity contribution >= 4 is 58.9 Å². The Hall–Kier alpha value is -1.31. The van der Waals surface area contributed by atoms with Gasteiger partial charge in [0.15, 0.2) is 0 Å². The van der Waals surface area contributed by atoms with E-state index in [-0.39, 0.29) is 20.7 Å². The summed E-state index contributed by atoms with van der Waals surface area (Å²) in [5, 5.41) is 21.6. The van der Waals surface area contributed by atoms with E-state index in [4.69, 9.17) is 40.2 Å². The van der Waals surface area contributed by atoms with E-state index in [1.807, 2.05) is 18.2 Å². The number of ether oxygens (including phenoxy) is 1. The molecule has 4 nitrogen and oxygen atoms in total. The van der Waals surface area contributed by atoms with Gasteiger partial charge in [-0.05, 0) is 36.5 Å². The summed E-state index contributed by atoms with van der Waals surface area (Å²) in [5.41, 5.74) is 0.371. The summed E-state index contributed by atoms with van der Waals surface area (Å²) in [7, 11) is -1.78. The standard InChI is InChI=1S/C13H10BCl2NO3S/c15-9-6-7-10(12(16)11(9)14(18)19)17-13(21)20-8-4-2-1-3-5-8/h1-7,18-19H,(H,17,21). The number of hydrogen-bond acceptors (Lipinski definition) is 4. The van der Waals surface area contributed by atoms with Crippen LogP contribution in [0.15, 0.2) is 42.5 Å². The Morgan fingerprint density at radius 1 is 1.10 bits per heavy atom. The maximum atomic E-state index is 9.27. The van der Waals surface area contributed by atoms with E-state index in [0.29, 0.717) is 11.4 Å². The predicted octanol–water partition coefficient (Wildman–Crippen LogP) is 2.45. The molecule has 0 aliphatic rings. The van der Waals surface area contributed by atoms with Crippen molar-refractivity contribution in [1.82, 2.24) is 0 Å². The number of halogens is 2. The molecule has 108 valence electrons. The van der Waals surface area contributed by atoms with Crippen LogP contribution in [-0.4, -0.2) is 22.3 Å². The van der Waals surface area contributed by atoms with Crippen LogP contribution in [0.4, 0.5) is 5.69 Å². The largest absolute Gasteiger partial charge is 0.491 e. The number of rotatable bonds is 3. The fourth-order valence-corrected chi connectivity index (χ4v) is 2.45. The van der Waals surface area contributed by atoms with Crippen LogP contribution < -0.4 is 15.5 Å². The zero-order valence-corrected chi connectivity index (χ0v) is 12.9. The first-order valence-electron chi connectivity index (χ1n) is 5.87. The molecule has 8 heteroatoms. The summed E-state index contributed by atoms with van der Waals surface area (Å²) in [6.45, 7) is 0. The first-order valence-corrected chi connectivity index (χ1v) is 7.03. The van der Waals surface area contributed by atoms with Crippen molar-refractivity contribution in [2.24, 2.45) is 0 Å². The van der Waals surface area contributed by atoms with Gasteiger partial charge >= 0.3 is 7.12 Å². The molecule has 0 fully saturated rings. The summed E-state index contributed by atoms with van der Waals surface area (Å²) in [6, 6.07) is 12.0. The van der Waals surface area contributed by atoms with Crippen LogP contribution in [0.1, 0.15) is 0 Å². The quantitative estimate of drug-likeness (QED) is 0.591. The number of nitrogens with one attached hydrogen (secondary N) is 1. The van der Waals surface area contributed by atoms with Gasteiger partial charge in [0.1, 0.15) is 5.75 Å². The van der Waals surface area contributed by atoms with E-state index in [0.717, 1.165) is 0 Å². The van der Waals surface area contributed by atoms with Crippen LogP contribution in [0.5, 0.6) is 5.75 Å². The van der Waals surface area contributed by atoms with Gasteiger partial charge in [-0.15, -0.1) is 0 Å². The van der Waals surface area contributed by atoms with Gasteiger partial charge in [-0.1, -0.05) is 41.4 Å². The van der Waals surface area contributed by atoms with Crippen molar-refractivity contribution in [3.8, 4) is 5.75 Å². The van der Waals surface area contributed by atoms with Gasteiger partial charge in [-0.2, -0.15) is 0 Å². The number of thiocarbonyl (C=S) groups is 1. The Morgan fingerprint density at radius 2 is 1.76 bits per heavy atom. The topological polar surface area (TPSA) is 61.7 Å². The lowest BCUT2D eigenvalue weighted by Gasteiger charge is -2.14. The SMILES string of the molecule is OB(O)c1c(Cl)ccc(NC(=S)Oc2ccccc2)c1Cl. The zero-order valence-electron chi connectivity index (χ0n) is 10.6. The van der Waals surface area contributed by atoms with Crippen molar-refractivity contribution < 1.29 is 14.8 Å². The van der Waals surface area contributed by atoms with E-state index in [2.05, 4.69) is 5.32 Å². The van der Waals surface area contributed by atoms with Crippen molar-refractivity contribution in [2.45, 2.75) is 0 Å². The van der Waals surface area contributed by atoms with E-state index in [9.17, 15) is 10.0 Å². The average molecular weight is 342 g/mol. The summed E-state index contributed by atoms with van der Waals surface area (Å²) in [5.74, 6) is 0.572. The molecular weight excluding hydrogens is 332 g/mol. The molecular formula is C13H10BCl2NO3S. The third-order valence-corrected chi connectivity index (χ3v) is 3.50. The minimum Gasteiger partial charge on any atom is -0.432 e. The summed E-state index contributed by atoms with van der Waals surface area (Å²) >= 11 is 17.0. The van der Waals surface area contributed by atoms with Gasteiger partial charge < -0.3 is 20.1 Å². The lowest BCUT2D eigenvalue weighted by atomic mass is 9.80. The Kier molecular flexibility index (Phi) is 5.44. The maximum Gasteiger partial charge on any atom is 0.491 e. The van der Waals surface area contributed by atoms with Crippen LogP contribution in [0.2, 0.25) is 10.0 Å². The molecule has 21 heavy (non-hydrogen) atoms. The van der Waals surface area contributed by atoms with Crippen LogP contribution in [-0.2, 0) is 0 Å². The van der Waals surface area contributed by atoms with Crippen LogP contribution in [0.25, 0.3) is 0 Å². The normalized spacial score (nSPS) is 10.1. The second-order valence-corrected chi connectivity index (χ2v) is 5.18. The minimum atomic E-state index is -1.78. The van der Waals surface area contributed by atoms with Crippen LogP contribution >= 0.6 is 35.4 Å². The summed E-state index contributed by atoms with van der Waals surface area (Å²) in [4.78, 5) is 0. The molecule has 0 saturated carbocycles. The Morgan fingerprint density at radius 3 is 2.38 bits per heavy atom. The van der Waals surface area contributed by atoms with Gasteiger partial charge in [0.25, 0.3) is 5.17 Å². The molecule has 0 aromatic heterocycles. The van der Waals surface area contributed by atoms with Gasteiger partial charge in [0.2, 0.25) is 0 Å². The van der Waals surface area contributed by atoms with Crippen molar-refractivity contribution in [1.29, 1.82) is 0 Å². The smallest absolute Gasteiger partial charge is 0.432 e. The molecule has 0 aliphatic heterocycles. The summed E-state index contributed by atoms with van der Waals surface area (Å²) in [6.07, 6.45) is 0. The first-order chi connectivity index (χ1) is 9.99. The second-order valence-electron chi connectivity index (χ2n) is 4.02. The highest BCUT2D eigenvalue weighted by molar-refractivity contribution is 7.80. The van der Waals surface area contributed by atoms with Gasteiger partial charge in [-0.25, -0.2) is 0 Å². The highest BCUT2D eigenvalue weighted by Crippen LogP contribution is 2.24. The molecule has 0 bridgehead atoms. The van der Waals surface area contributed by atoms with Gasteiger partial charge in [-0.3, -0.25) is 0 Å². The van der Waals surface area contributed by atoms with Crippen molar-refractivity contribution in [3.63, 3.8) is 0 Å². The maximum absolute atomic E-state index is 9.27. The molecule has 2 aromatic rings. The van der Waals surface area contributed by atoms with E-state index in [1.165, 1.54) is 6.07 Å². The van der Waals surface area contributed by atoms with Gasteiger partial charge in [0, 0.05) is 10.5 Å². The summed E-state index contributed by atoms with van der Waals surface area (Å²) < 4.78 is 5.41. The molecule has 0 saturated heterocycles. The number of para-hydroxylation sites is 1. The minimum absolute atomic E-state index is 0.00541. The van der Waals surface area contributed by atoms with E-state index >= 15 is 0 Å². The Labute approximate surface area is 137 Å². The average Bonchev–Trinajstić information content (AvgIpc) is 2.43. The molecule has 0 radical (unpaired) electrons. The lowest BCUT2D eigenvalue weighted by molar-refractivity contribution is 0.426. The Balaban J connectivity index is 2.16. The third kappa shape index (κ3) is 4.09. The van der Waals surface area contributed by atoms with Gasteiger partial charge in [0.05, 0.1) is 10.7 Å². The lowest BCUT2D eigenvalue weighted by Crippen LogP contribution is -2.32. The third-order valence-electron chi connectivity index (χ3n) is 2.58. The monoisotopic (exact) mass is 341 g/mol. The fraction of sp³-hybridized carbons (Fsp3) is 0. The molecule has 0 aliphatic carbocycles. The highest BCUT2D eigenvalue weighted by atomic mass is 35.5. The number of benzene rings is 2. The number of anilines is 1. The molecule has 0 unspecified atom stereocenters. The highest BCUT2D eigenvalue weighted by Gasteiger charge is 2.22. The molecule has 0 atom stereocenters. The van der Waals surface area contributed by atoms with Crippen LogP contribution in [0.3, 0.4) is 0 Å². The predicted molar refractivity (Wildman–Crippen MR) is 89.6 cm³/mol. The fourth-order valence-electron chi connectivity index (χ4n) is 1.63. The molecule has 0 amide bonds. The molecule has 2 aromatic carbocycles. The van der Waals surface area contributed by atoms with Crippen molar-refractivity contribution in [3.05, 3.63) is 52.5 Å². The molecule has 0 heterocycles.